The van der Waals surface area contributed by atoms with Gasteiger partial charge in [-0.25, -0.2) is 4.39 Å². The summed E-state index contributed by atoms with van der Waals surface area (Å²) in [5.41, 5.74) is 7.23. The van der Waals surface area contributed by atoms with Crippen molar-refractivity contribution in [2.75, 3.05) is 33.2 Å². The van der Waals surface area contributed by atoms with E-state index >= 15 is 0 Å². The summed E-state index contributed by atoms with van der Waals surface area (Å²) in [4.78, 5) is 4.72. The maximum absolute atomic E-state index is 13.0. The first kappa shape index (κ1) is 13.5. The smallest absolute Gasteiger partial charge is 0.123 e. The monoisotopic (exact) mass is 251 g/mol. The number of piperazine rings is 1. The highest BCUT2D eigenvalue weighted by Crippen LogP contribution is 2.24. The van der Waals surface area contributed by atoms with Gasteiger partial charge in [0.1, 0.15) is 5.82 Å². The van der Waals surface area contributed by atoms with Crippen LogP contribution < -0.4 is 5.73 Å². The first-order valence-electron chi connectivity index (χ1n) is 6.51. The summed E-state index contributed by atoms with van der Waals surface area (Å²) < 4.78 is 13.0. The highest BCUT2D eigenvalue weighted by molar-refractivity contribution is 5.21. The molecule has 1 aromatic rings. The van der Waals surface area contributed by atoms with Gasteiger partial charge in [-0.1, -0.05) is 12.1 Å². The minimum atomic E-state index is -0.194. The van der Waals surface area contributed by atoms with Crippen LogP contribution in [0.5, 0.6) is 0 Å². The van der Waals surface area contributed by atoms with E-state index in [9.17, 15) is 4.39 Å². The minimum Gasteiger partial charge on any atom is -0.326 e. The molecule has 4 heteroatoms. The average molecular weight is 251 g/mol. The zero-order valence-corrected chi connectivity index (χ0v) is 11.1. The lowest BCUT2D eigenvalue weighted by Crippen LogP contribution is -2.49. The lowest BCUT2D eigenvalue weighted by Gasteiger charge is -2.40. The minimum absolute atomic E-state index is 0.0406. The highest BCUT2D eigenvalue weighted by atomic mass is 19.1. The van der Waals surface area contributed by atoms with Crippen LogP contribution in [0.2, 0.25) is 0 Å². The van der Waals surface area contributed by atoms with E-state index in [2.05, 4.69) is 16.8 Å². The van der Waals surface area contributed by atoms with Crippen LogP contribution >= 0.6 is 0 Å². The molecule has 0 spiro atoms. The maximum Gasteiger partial charge on any atom is 0.123 e. The molecular weight excluding hydrogens is 229 g/mol. The van der Waals surface area contributed by atoms with Crippen molar-refractivity contribution < 1.29 is 4.39 Å². The number of benzene rings is 1. The van der Waals surface area contributed by atoms with E-state index in [-0.39, 0.29) is 17.9 Å². The first-order chi connectivity index (χ1) is 8.58. The van der Waals surface area contributed by atoms with Crippen LogP contribution in [0.1, 0.15) is 18.5 Å². The topological polar surface area (TPSA) is 32.5 Å². The molecule has 1 aliphatic heterocycles. The van der Waals surface area contributed by atoms with Crippen molar-refractivity contribution in [3.05, 3.63) is 35.6 Å². The molecule has 1 heterocycles. The van der Waals surface area contributed by atoms with Crippen LogP contribution in [0, 0.1) is 5.82 Å². The van der Waals surface area contributed by atoms with Crippen LogP contribution in [-0.4, -0.2) is 49.1 Å². The molecule has 3 nitrogen and oxygen atoms in total. The highest BCUT2D eigenvalue weighted by Gasteiger charge is 2.26. The van der Waals surface area contributed by atoms with Gasteiger partial charge in [-0.3, -0.25) is 4.90 Å². The van der Waals surface area contributed by atoms with E-state index in [4.69, 9.17) is 5.73 Å². The number of halogens is 1. The molecule has 18 heavy (non-hydrogen) atoms. The lowest BCUT2D eigenvalue weighted by molar-refractivity contribution is 0.101. The fourth-order valence-corrected chi connectivity index (χ4v) is 2.61. The quantitative estimate of drug-likeness (QED) is 0.883. The van der Waals surface area contributed by atoms with E-state index in [1.165, 1.54) is 12.1 Å². The number of nitrogens with zero attached hydrogens (tertiary/aromatic N) is 2. The van der Waals surface area contributed by atoms with Crippen LogP contribution in [0.25, 0.3) is 0 Å². The van der Waals surface area contributed by atoms with Gasteiger partial charge in [0.2, 0.25) is 0 Å². The molecule has 100 valence electrons. The number of rotatable bonds is 3. The van der Waals surface area contributed by atoms with Gasteiger partial charge in [0.05, 0.1) is 0 Å². The molecule has 0 aromatic heterocycles. The maximum atomic E-state index is 13.0. The Labute approximate surface area is 108 Å². The largest absolute Gasteiger partial charge is 0.326 e. The second kappa shape index (κ2) is 5.78. The predicted octanol–water partition coefficient (Wildman–Crippen LogP) is 1.46. The summed E-state index contributed by atoms with van der Waals surface area (Å²) >= 11 is 0. The molecule has 0 bridgehead atoms. The van der Waals surface area contributed by atoms with Gasteiger partial charge >= 0.3 is 0 Å². The summed E-state index contributed by atoms with van der Waals surface area (Å²) in [6, 6.07) is 6.95. The number of likely N-dealkylation sites (N-methyl/N-ethyl adjacent to an activating group) is 1. The molecule has 0 amide bonds. The van der Waals surface area contributed by atoms with Gasteiger partial charge in [-0.15, -0.1) is 0 Å². The third-order valence-corrected chi connectivity index (χ3v) is 3.64. The number of nitrogens with two attached hydrogens (primary N) is 1. The average Bonchev–Trinajstić information content (AvgIpc) is 2.34. The van der Waals surface area contributed by atoms with E-state index < -0.39 is 0 Å². The van der Waals surface area contributed by atoms with Crippen molar-refractivity contribution in [1.29, 1.82) is 0 Å². The van der Waals surface area contributed by atoms with E-state index in [1.807, 2.05) is 19.1 Å². The van der Waals surface area contributed by atoms with Gasteiger partial charge in [-0.2, -0.15) is 0 Å². The van der Waals surface area contributed by atoms with E-state index in [0.29, 0.717) is 0 Å². The Hall–Kier alpha value is -0.970. The van der Waals surface area contributed by atoms with Gasteiger partial charge in [0.15, 0.2) is 0 Å². The summed E-state index contributed by atoms with van der Waals surface area (Å²) in [6.07, 6.45) is 0. The molecule has 0 radical (unpaired) electrons. The molecule has 0 saturated carbocycles. The van der Waals surface area contributed by atoms with Crippen molar-refractivity contribution >= 4 is 0 Å². The zero-order chi connectivity index (χ0) is 13.1. The van der Waals surface area contributed by atoms with E-state index in [0.717, 1.165) is 31.7 Å². The third kappa shape index (κ3) is 3.07. The molecule has 2 atom stereocenters. The SMILES string of the molecule is CC(N)C(c1ccc(F)cc1)N1CCN(C)CC1. The molecule has 1 saturated heterocycles. The van der Waals surface area contributed by atoms with Gasteiger partial charge in [0.25, 0.3) is 0 Å². The summed E-state index contributed by atoms with van der Waals surface area (Å²) in [6.45, 7) is 6.17. The van der Waals surface area contributed by atoms with Crippen LogP contribution in [0.3, 0.4) is 0 Å². The zero-order valence-electron chi connectivity index (χ0n) is 11.1. The number of hydrogen-bond acceptors (Lipinski definition) is 3. The Balaban J connectivity index is 2.15. The van der Waals surface area contributed by atoms with Crippen molar-refractivity contribution in [1.82, 2.24) is 9.80 Å². The molecule has 0 aliphatic carbocycles. The Morgan fingerprint density at radius 2 is 1.67 bits per heavy atom. The second-order valence-corrected chi connectivity index (χ2v) is 5.19. The van der Waals surface area contributed by atoms with Crippen molar-refractivity contribution in [3.8, 4) is 0 Å². The van der Waals surface area contributed by atoms with Crippen molar-refractivity contribution in [2.24, 2.45) is 5.73 Å². The van der Waals surface area contributed by atoms with Crippen molar-refractivity contribution in [3.63, 3.8) is 0 Å². The van der Waals surface area contributed by atoms with Gasteiger partial charge < -0.3 is 10.6 Å². The van der Waals surface area contributed by atoms with Crippen LogP contribution in [0.15, 0.2) is 24.3 Å². The summed E-state index contributed by atoms with van der Waals surface area (Å²) in [5.74, 6) is -0.194. The Morgan fingerprint density at radius 3 is 2.17 bits per heavy atom. The Bertz CT molecular complexity index is 369. The van der Waals surface area contributed by atoms with Crippen LogP contribution in [-0.2, 0) is 0 Å². The third-order valence-electron chi connectivity index (χ3n) is 3.64. The van der Waals surface area contributed by atoms with Gasteiger partial charge in [0, 0.05) is 38.3 Å². The predicted molar refractivity (Wildman–Crippen MR) is 71.9 cm³/mol. The Kier molecular flexibility index (Phi) is 4.32. The molecule has 1 fully saturated rings. The number of hydrogen-bond donors (Lipinski definition) is 1. The second-order valence-electron chi connectivity index (χ2n) is 5.19. The first-order valence-corrected chi connectivity index (χ1v) is 6.51. The van der Waals surface area contributed by atoms with E-state index in [1.54, 1.807) is 0 Å². The fraction of sp³-hybridized carbons (Fsp3) is 0.571. The standard InChI is InChI=1S/C14H22FN3/c1-11(16)14(12-3-5-13(15)6-4-12)18-9-7-17(2)8-10-18/h3-6,11,14H,7-10,16H2,1-2H3. The fourth-order valence-electron chi connectivity index (χ4n) is 2.61. The molecule has 2 unspecified atom stereocenters. The lowest BCUT2D eigenvalue weighted by atomic mass is 9.98. The molecule has 2 N–H and O–H groups in total. The molecule has 2 rings (SSSR count). The summed E-state index contributed by atoms with van der Waals surface area (Å²) in [7, 11) is 2.14. The molecule has 1 aliphatic rings. The normalized spacial score (nSPS) is 21.8. The summed E-state index contributed by atoms with van der Waals surface area (Å²) in [5, 5.41) is 0. The Morgan fingerprint density at radius 1 is 1.11 bits per heavy atom. The molecular formula is C14H22FN3. The van der Waals surface area contributed by atoms with Gasteiger partial charge in [-0.05, 0) is 31.7 Å². The van der Waals surface area contributed by atoms with Crippen LogP contribution in [0.4, 0.5) is 4.39 Å². The van der Waals surface area contributed by atoms with Crippen molar-refractivity contribution in [2.45, 2.75) is 19.0 Å². The molecule has 1 aromatic carbocycles.